The highest BCUT2D eigenvalue weighted by molar-refractivity contribution is 5.02. The zero-order valence-corrected chi connectivity index (χ0v) is 10.2. The molecule has 15 heavy (non-hydrogen) atoms. The monoisotopic (exact) mass is 206 g/mol. The molecule has 1 aromatic rings. The Kier molecular flexibility index (Phi) is 4.28. The molecule has 1 atom stereocenters. The van der Waals surface area contributed by atoms with Gasteiger partial charge in [0.25, 0.3) is 0 Å². The van der Waals surface area contributed by atoms with E-state index < -0.39 is 0 Å². The van der Waals surface area contributed by atoms with E-state index in [1.165, 1.54) is 0 Å². The summed E-state index contributed by atoms with van der Waals surface area (Å²) >= 11 is 0. The van der Waals surface area contributed by atoms with E-state index in [1.54, 1.807) is 0 Å². The molecule has 2 heteroatoms. The summed E-state index contributed by atoms with van der Waals surface area (Å²) in [5.41, 5.74) is 1.48. The first-order chi connectivity index (χ1) is 7.00. The fourth-order valence-corrected chi connectivity index (χ4v) is 1.23. The highest BCUT2D eigenvalue weighted by atomic mass is 14.9. The van der Waals surface area contributed by atoms with Crippen LogP contribution >= 0.6 is 0 Å². The molecule has 0 saturated carbocycles. The third-order valence-corrected chi connectivity index (χ3v) is 2.96. The van der Waals surface area contributed by atoms with Gasteiger partial charge in [-0.1, -0.05) is 33.8 Å². The molecular weight excluding hydrogens is 184 g/mol. The summed E-state index contributed by atoms with van der Waals surface area (Å²) in [6, 6.07) is 6.02. The normalized spacial score (nSPS) is 13.9. The van der Waals surface area contributed by atoms with Crippen molar-refractivity contribution in [3.05, 3.63) is 30.1 Å². The van der Waals surface area contributed by atoms with Crippen molar-refractivity contribution in [2.24, 2.45) is 11.3 Å². The standard InChI is InChI=1S/C13H22N2/c1-11(13(2,3)4)9-14-10-12-7-5-6-8-15-12/h5-8,11,14H,9-10H2,1-4H3. The molecule has 0 radical (unpaired) electrons. The van der Waals surface area contributed by atoms with Gasteiger partial charge >= 0.3 is 0 Å². The van der Waals surface area contributed by atoms with Crippen LogP contribution in [-0.2, 0) is 6.54 Å². The van der Waals surface area contributed by atoms with Crippen molar-refractivity contribution >= 4 is 0 Å². The fraction of sp³-hybridized carbons (Fsp3) is 0.615. The molecule has 0 aliphatic carbocycles. The molecule has 1 aromatic heterocycles. The lowest BCUT2D eigenvalue weighted by molar-refractivity contribution is 0.252. The minimum atomic E-state index is 0.372. The van der Waals surface area contributed by atoms with Crippen LogP contribution in [0.5, 0.6) is 0 Å². The van der Waals surface area contributed by atoms with Gasteiger partial charge in [-0.05, 0) is 30.0 Å². The van der Waals surface area contributed by atoms with E-state index >= 15 is 0 Å². The van der Waals surface area contributed by atoms with Crippen molar-refractivity contribution < 1.29 is 0 Å². The molecule has 1 rings (SSSR count). The van der Waals surface area contributed by atoms with Crippen LogP contribution in [0.3, 0.4) is 0 Å². The third-order valence-electron chi connectivity index (χ3n) is 2.96. The molecule has 0 saturated heterocycles. The van der Waals surface area contributed by atoms with Crippen molar-refractivity contribution in [1.82, 2.24) is 10.3 Å². The van der Waals surface area contributed by atoms with Gasteiger partial charge in [0.1, 0.15) is 0 Å². The molecule has 0 aliphatic rings. The summed E-state index contributed by atoms with van der Waals surface area (Å²) in [5.74, 6) is 0.668. The maximum Gasteiger partial charge on any atom is 0.0541 e. The van der Waals surface area contributed by atoms with Crippen LogP contribution in [0.25, 0.3) is 0 Å². The number of hydrogen-bond acceptors (Lipinski definition) is 2. The maximum absolute atomic E-state index is 4.28. The summed E-state index contributed by atoms with van der Waals surface area (Å²) in [4.78, 5) is 4.28. The summed E-state index contributed by atoms with van der Waals surface area (Å²) in [5, 5.41) is 3.45. The Hall–Kier alpha value is -0.890. The fourth-order valence-electron chi connectivity index (χ4n) is 1.23. The lowest BCUT2D eigenvalue weighted by atomic mass is 9.82. The molecule has 1 N–H and O–H groups in total. The zero-order chi connectivity index (χ0) is 11.3. The predicted octanol–water partition coefficient (Wildman–Crippen LogP) is 2.85. The highest BCUT2D eigenvalue weighted by Gasteiger charge is 2.18. The van der Waals surface area contributed by atoms with Crippen molar-refractivity contribution in [3.63, 3.8) is 0 Å². The summed E-state index contributed by atoms with van der Waals surface area (Å²) in [6.07, 6.45) is 1.84. The van der Waals surface area contributed by atoms with Crippen LogP contribution in [0.2, 0.25) is 0 Å². The summed E-state index contributed by atoms with van der Waals surface area (Å²) in [6.45, 7) is 11.0. The predicted molar refractivity (Wildman–Crippen MR) is 64.6 cm³/mol. The van der Waals surface area contributed by atoms with Crippen LogP contribution in [0.4, 0.5) is 0 Å². The van der Waals surface area contributed by atoms with Crippen LogP contribution in [0, 0.1) is 11.3 Å². The molecule has 2 nitrogen and oxygen atoms in total. The SMILES string of the molecule is CC(CNCc1ccccn1)C(C)(C)C. The van der Waals surface area contributed by atoms with Gasteiger partial charge in [-0.3, -0.25) is 4.98 Å². The van der Waals surface area contributed by atoms with E-state index in [0.29, 0.717) is 11.3 Å². The van der Waals surface area contributed by atoms with Crippen molar-refractivity contribution in [3.8, 4) is 0 Å². The van der Waals surface area contributed by atoms with E-state index in [0.717, 1.165) is 18.8 Å². The van der Waals surface area contributed by atoms with Gasteiger partial charge in [0.15, 0.2) is 0 Å². The molecule has 0 fully saturated rings. The molecular formula is C13H22N2. The van der Waals surface area contributed by atoms with Gasteiger partial charge in [0.05, 0.1) is 5.69 Å². The van der Waals surface area contributed by atoms with E-state index in [-0.39, 0.29) is 0 Å². The average Bonchev–Trinajstić information content (AvgIpc) is 2.18. The second-order valence-corrected chi connectivity index (χ2v) is 5.22. The Balaban J connectivity index is 2.28. The number of pyridine rings is 1. The summed E-state index contributed by atoms with van der Waals surface area (Å²) in [7, 11) is 0. The van der Waals surface area contributed by atoms with Gasteiger partial charge in [-0.15, -0.1) is 0 Å². The zero-order valence-electron chi connectivity index (χ0n) is 10.2. The van der Waals surface area contributed by atoms with Gasteiger partial charge in [-0.2, -0.15) is 0 Å². The molecule has 0 amide bonds. The van der Waals surface area contributed by atoms with Crippen LogP contribution in [0.15, 0.2) is 24.4 Å². The van der Waals surface area contributed by atoms with E-state index in [2.05, 4.69) is 44.1 Å². The van der Waals surface area contributed by atoms with Crippen LogP contribution in [-0.4, -0.2) is 11.5 Å². The number of rotatable bonds is 4. The third kappa shape index (κ3) is 4.43. The number of aromatic nitrogens is 1. The van der Waals surface area contributed by atoms with Gasteiger partial charge in [-0.25, -0.2) is 0 Å². The van der Waals surface area contributed by atoms with Crippen molar-refractivity contribution in [1.29, 1.82) is 0 Å². The molecule has 0 aromatic carbocycles. The smallest absolute Gasteiger partial charge is 0.0541 e. The Bertz CT molecular complexity index is 274. The first-order valence-corrected chi connectivity index (χ1v) is 5.61. The molecule has 0 aliphatic heterocycles. The minimum absolute atomic E-state index is 0.372. The summed E-state index contributed by atoms with van der Waals surface area (Å²) < 4.78 is 0. The molecule has 1 heterocycles. The molecule has 0 spiro atoms. The van der Waals surface area contributed by atoms with Crippen LogP contribution < -0.4 is 5.32 Å². The Morgan fingerprint density at radius 1 is 1.33 bits per heavy atom. The lowest BCUT2D eigenvalue weighted by Gasteiger charge is -2.27. The van der Waals surface area contributed by atoms with Crippen molar-refractivity contribution in [2.75, 3.05) is 6.54 Å². The van der Waals surface area contributed by atoms with Crippen LogP contribution in [0.1, 0.15) is 33.4 Å². The molecule has 0 bridgehead atoms. The number of hydrogen-bond donors (Lipinski definition) is 1. The molecule has 84 valence electrons. The first kappa shape index (κ1) is 12.2. The minimum Gasteiger partial charge on any atom is -0.311 e. The Morgan fingerprint density at radius 3 is 2.60 bits per heavy atom. The van der Waals surface area contributed by atoms with E-state index in [1.807, 2.05) is 18.3 Å². The van der Waals surface area contributed by atoms with Crippen molar-refractivity contribution in [2.45, 2.75) is 34.2 Å². The van der Waals surface area contributed by atoms with Gasteiger partial charge < -0.3 is 5.32 Å². The largest absolute Gasteiger partial charge is 0.311 e. The number of nitrogens with zero attached hydrogens (tertiary/aromatic N) is 1. The second-order valence-electron chi connectivity index (χ2n) is 5.22. The maximum atomic E-state index is 4.28. The van der Waals surface area contributed by atoms with Gasteiger partial charge in [0, 0.05) is 12.7 Å². The van der Waals surface area contributed by atoms with E-state index in [9.17, 15) is 0 Å². The second kappa shape index (κ2) is 5.26. The highest BCUT2D eigenvalue weighted by Crippen LogP contribution is 2.24. The average molecular weight is 206 g/mol. The Morgan fingerprint density at radius 2 is 2.07 bits per heavy atom. The number of nitrogens with one attached hydrogen (secondary N) is 1. The topological polar surface area (TPSA) is 24.9 Å². The van der Waals surface area contributed by atoms with E-state index in [4.69, 9.17) is 0 Å². The van der Waals surface area contributed by atoms with Gasteiger partial charge in [0.2, 0.25) is 0 Å². The first-order valence-electron chi connectivity index (χ1n) is 5.61. The lowest BCUT2D eigenvalue weighted by Crippen LogP contribution is -2.29. The Labute approximate surface area is 93.1 Å². The quantitative estimate of drug-likeness (QED) is 0.819. The molecule has 1 unspecified atom stereocenters.